The first kappa shape index (κ1) is 12.6. The van der Waals surface area contributed by atoms with Crippen molar-refractivity contribution in [2.24, 2.45) is 0 Å². The SMILES string of the molecule is CCOc1cc(OC(C)=O)cc(C(C)C)c1. The van der Waals surface area contributed by atoms with Crippen molar-refractivity contribution >= 4 is 5.97 Å². The molecular formula is C13H18O3. The Labute approximate surface area is 96.4 Å². The van der Waals surface area contributed by atoms with Gasteiger partial charge in [-0.05, 0) is 30.5 Å². The van der Waals surface area contributed by atoms with Crippen LogP contribution in [0, 0.1) is 0 Å². The molecule has 0 fully saturated rings. The maximum atomic E-state index is 10.9. The Morgan fingerprint density at radius 1 is 1.25 bits per heavy atom. The van der Waals surface area contributed by atoms with Gasteiger partial charge in [0.2, 0.25) is 0 Å². The van der Waals surface area contributed by atoms with Gasteiger partial charge in [0.25, 0.3) is 0 Å². The fraction of sp³-hybridized carbons (Fsp3) is 0.462. The molecule has 1 aromatic rings. The molecule has 0 saturated heterocycles. The summed E-state index contributed by atoms with van der Waals surface area (Å²) in [4.78, 5) is 10.9. The zero-order valence-corrected chi connectivity index (χ0v) is 10.2. The van der Waals surface area contributed by atoms with Gasteiger partial charge in [-0.15, -0.1) is 0 Å². The Balaban J connectivity index is 3.03. The highest BCUT2D eigenvalue weighted by molar-refractivity contribution is 5.69. The standard InChI is InChI=1S/C13H18O3/c1-5-15-12-6-11(9(2)3)7-13(8-12)16-10(4)14/h6-9H,5H2,1-4H3. The Kier molecular flexibility index (Phi) is 4.35. The van der Waals surface area contributed by atoms with Crippen LogP contribution in [0.15, 0.2) is 18.2 Å². The molecule has 0 unspecified atom stereocenters. The number of hydrogen-bond donors (Lipinski definition) is 0. The van der Waals surface area contributed by atoms with E-state index in [0.717, 1.165) is 11.3 Å². The highest BCUT2D eigenvalue weighted by atomic mass is 16.5. The smallest absolute Gasteiger partial charge is 0.308 e. The van der Waals surface area contributed by atoms with E-state index in [1.165, 1.54) is 6.92 Å². The Bertz CT molecular complexity index is 369. The minimum atomic E-state index is -0.316. The van der Waals surface area contributed by atoms with E-state index in [4.69, 9.17) is 9.47 Å². The van der Waals surface area contributed by atoms with E-state index in [2.05, 4.69) is 13.8 Å². The third-order valence-electron chi connectivity index (χ3n) is 2.14. The predicted octanol–water partition coefficient (Wildman–Crippen LogP) is 3.13. The first-order valence-corrected chi connectivity index (χ1v) is 5.49. The van der Waals surface area contributed by atoms with Crippen LogP contribution in [0.5, 0.6) is 11.5 Å². The summed E-state index contributed by atoms with van der Waals surface area (Å²) in [6, 6.07) is 5.58. The van der Waals surface area contributed by atoms with Crippen LogP contribution in [0.4, 0.5) is 0 Å². The summed E-state index contributed by atoms with van der Waals surface area (Å²) in [7, 11) is 0. The first-order valence-electron chi connectivity index (χ1n) is 5.49. The molecule has 0 aromatic heterocycles. The molecule has 0 bridgehead atoms. The van der Waals surface area contributed by atoms with Crippen molar-refractivity contribution < 1.29 is 14.3 Å². The van der Waals surface area contributed by atoms with Gasteiger partial charge >= 0.3 is 5.97 Å². The summed E-state index contributed by atoms with van der Waals surface area (Å²) in [6.07, 6.45) is 0. The number of carbonyl (C=O) groups excluding carboxylic acids is 1. The molecule has 0 atom stereocenters. The van der Waals surface area contributed by atoms with E-state index in [-0.39, 0.29) is 5.97 Å². The molecular weight excluding hydrogens is 204 g/mol. The van der Waals surface area contributed by atoms with Crippen LogP contribution in [0.1, 0.15) is 39.2 Å². The molecule has 0 spiro atoms. The Morgan fingerprint density at radius 3 is 2.38 bits per heavy atom. The van der Waals surface area contributed by atoms with E-state index < -0.39 is 0 Å². The lowest BCUT2D eigenvalue weighted by Crippen LogP contribution is -2.03. The van der Waals surface area contributed by atoms with Gasteiger partial charge in [0.1, 0.15) is 11.5 Å². The fourth-order valence-electron chi connectivity index (χ4n) is 1.40. The van der Waals surface area contributed by atoms with Crippen LogP contribution < -0.4 is 9.47 Å². The van der Waals surface area contributed by atoms with Crippen LogP contribution in [-0.4, -0.2) is 12.6 Å². The molecule has 1 aromatic carbocycles. The largest absolute Gasteiger partial charge is 0.494 e. The average molecular weight is 222 g/mol. The molecule has 0 aliphatic rings. The second-order valence-corrected chi connectivity index (χ2v) is 3.92. The molecule has 0 saturated carbocycles. The van der Waals surface area contributed by atoms with Crippen molar-refractivity contribution in [2.45, 2.75) is 33.6 Å². The molecule has 0 aliphatic carbocycles. The maximum absolute atomic E-state index is 10.9. The molecule has 1 rings (SSSR count). The molecule has 0 radical (unpaired) electrons. The summed E-state index contributed by atoms with van der Waals surface area (Å²) >= 11 is 0. The summed E-state index contributed by atoms with van der Waals surface area (Å²) in [6.45, 7) is 8.09. The summed E-state index contributed by atoms with van der Waals surface area (Å²) in [5, 5.41) is 0. The van der Waals surface area contributed by atoms with Crippen LogP contribution in [-0.2, 0) is 4.79 Å². The molecule has 0 aliphatic heterocycles. The zero-order valence-electron chi connectivity index (χ0n) is 10.2. The van der Waals surface area contributed by atoms with Crippen molar-refractivity contribution in [3.63, 3.8) is 0 Å². The Hall–Kier alpha value is -1.51. The second-order valence-electron chi connectivity index (χ2n) is 3.92. The van der Waals surface area contributed by atoms with Gasteiger partial charge < -0.3 is 9.47 Å². The predicted molar refractivity (Wildman–Crippen MR) is 63.0 cm³/mol. The van der Waals surface area contributed by atoms with E-state index in [0.29, 0.717) is 18.3 Å². The number of rotatable bonds is 4. The topological polar surface area (TPSA) is 35.5 Å². The van der Waals surface area contributed by atoms with Gasteiger partial charge in [0.05, 0.1) is 6.61 Å². The zero-order chi connectivity index (χ0) is 12.1. The van der Waals surface area contributed by atoms with Crippen LogP contribution >= 0.6 is 0 Å². The van der Waals surface area contributed by atoms with Gasteiger partial charge in [-0.2, -0.15) is 0 Å². The molecule has 0 heterocycles. The summed E-state index contributed by atoms with van der Waals surface area (Å²) in [5.41, 5.74) is 1.10. The van der Waals surface area contributed by atoms with E-state index >= 15 is 0 Å². The molecule has 0 amide bonds. The van der Waals surface area contributed by atoms with Gasteiger partial charge in [0, 0.05) is 13.0 Å². The molecule has 3 heteroatoms. The molecule has 3 nitrogen and oxygen atoms in total. The van der Waals surface area contributed by atoms with E-state index in [9.17, 15) is 4.79 Å². The lowest BCUT2D eigenvalue weighted by Gasteiger charge is -2.11. The second kappa shape index (κ2) is 5.54. The quantitative estimate of drug-likeness (QED) is 0.580. The van der Waals surface area contributed by atoms with E-state index in [1.54, 1.807) is 6.07 Å². The molecule has 0 N–H and O–H groups in total. The number of carbonyl (C=O) groups is 1. The Morgan fingerprint density at radius 2 is 1.88 bits per heavy atom. The lowest BCUT2D eigenvalue weighted by molar-refractivity contribution is -0.131. The highest BCUT2D eigenvalue weighted by Gasteiger charge is 2.07. The van der Waals surface area contributed by atoms with E-state index in [1.807, 2.05) is 19.1 Å². The van der Waals surface area contributed by atoms with Crippen LogP contribution in [0.25, 0.3) is 0 Å². The maximum Gasteiger partial charge on any atom is 0.308 e. The van der Waals surface area contributed by atoms with Crippen molar-refractivity contribution in [3.8, 4) is 11.5 Å². The average Bonchev–Trinajstić information content (AvgIpc) is 2.16. The molecule has 16 heavy (non-hydrogen) atoms. The fourth-order valence-corrected chi connectivity index (χ4v) is 1.40. The normalized spacial score (nSPS) is 10.3. The summed E-state index contributed by atoms with van der Waals surface area (Å²) in [5.74, 6) is 1.34. The first-order chi connectivity index (χ1) is 7.52. The highest BCUT2D eigenvalue weighted by Crippen LogP contribution is 2.27. The number of benzene rings is 1. The third-order valence-corrected chi connectivity index (χ3v) is 2.14. The number of hydrogen-bond acceptors (Lipinski definition) is 3. The van der Waals surface area contributed by atoms with Crippen LogP contribution in [0.3, 0.4) is 0 Å². The minimum Gasteiger partial charge on any atom is -0.494 e. The third kappa shape index (κ3) is 3.57. The van der Waals surface area contributed by atoms with Crippen molar-refractivity contribution in [1.82, 2.24) is 0 Å². The number of ether oxygens (including phenoxy) is 2. The van der Waals surface area contributed by atoms with Gasteiger partial charge in [0.15, 0.2) is 0 Å². The van der Waals surface area contributed by atoms with Gasteiger partial charge in [-0.1, -0.05) is 13.8 Å². The van der Waals surface area contributed by atoms with Crippen LogP contribution in [0.2, 0.25) is 0 Å². The number of esters is 1. The van der Waals surface area contributed by atoms with Gasteiger partial charge in [-0.25, -0.2) is 0 Å². The van der Waals surface area contributed by atoms with Gasteiger partial charge in [-0.3, -0.25) is 4.79 Å². The van der Waals surface area contributed by atoms with Crippen molar-refractivity contribution in [2.75, 3.05) is 6.61 Å². The van der Waals surface area contributed by atoms with Crippen molar-refractivity contribution in [1.29, 1.82) is 0 Å². The monoisotopic (exact) mass is 222 g/mol. The lowest BCUT2D eigenvalue weighted by atomic mass is 10.0. The minimum absolute atomic E-state index is 0.316. The molecule has 88 valence electrons. The summed E-state index contributed by atoms with van der Waals surface area (Å²) < 4.78 is 10.5. The van der Waals surface area contributed by atoms with Crippen molar-refractivity contribution in [3.05, 3.63) is 23.8 Å².